The number of hydrogen-bond acceptors (Lipinski definition) is 4. The van der Waals surface area contributed by atoms with Crippen LogP contribution in [0.15, 0.2) is 48.5 Å². The lowest BCUT2D eigenvalue weighted by Gasteiger charge is -2.21. The van der Waals surface area contributed by atoms with E-state index in [1.54, 1.807) is 55.6 Å². The smallest absolute Gasteiger partial charge is 0.394 e. The Morgan fingerprint density at radius 2 is 1.41 bits per heavy atom. The van der Waals surface area contributed by atoms with Crippen LogP contribution in [-0.2, 0) is 22.7 Å². The molecular weight excluding hydrogens is 468 g/mol. The zero-order valence-electron chi connectivity index (χ0n) is 22.3. The Kier molecular flexibility index (Phi) is 13.9. The van der Waals surface area contributed by atoms with Gasteiger partial charge in [0.25, 0.3) is 5.91 Å². The summed E-state index contributed by atoms with van der Waals surface area (Å²) >= 11 is 0. The lowest BCUT2D eigenvalue weighted by atomic mass is 10.1. The lowest BCUT2D eigenvalue weighted by Crippen LogP contribution is -2.35. The molecule has 0 aliphatic carbocycles. The van der Waals surface area contributed by atoms with E-state index in [9.17, 15) is 19.5 Å². The molecule has 0 unspecified atom stereocenters. The van der Waals surface area contributed by atoms with Crippen molar-refractivity contribution in [2.24, 2.45) is 0 Å². The van der Waals surface area contributed by atoms with Crippen molar-refractivity contribution < 1.29 is 24.2 Å². The molecule has 0 saturated heterocycles. The van der Waals surface area contributed by atoms with Crippen molar-refractivity contribution in [2.75, 3.05) is 13.7 Å². The summed E-state index contributed by atoms with van der Waals surface area (Å²) in [6.45, 7) is 3.07. The highest BCUT2D eigenvalue weighted by Gasteiger charge is 2.22. The van der Waals surface area contributed by atoms with Gasteiger partial charge in [-0.05, 0) is 41.8 Å². The molecule has 0 saturated carbocycles. The molecule has 0 radical (unpaired) electrons. The molecule has 2 rings (SSSR count). The van der Waals surface area contributed by atoms with Gasteiger partial charge in [-0.1, -0.05) is 89.0 Å². The second kappa shape index (κ2) is 17.2. The molecule has 0 bridgehead atoms. The Morgan fingerprint density at radius 1 is 0.811 bits per heavy atom. The third-order valence-corrected chi connectivity index (χ3v) is 6.38. The Hall–Kier alpha value is -3.35. The molecule has 0 atom stereocenters. The van der Waals surface area contributed by atoms with Gasteiger partial charge in [0.05, 0.1) is 7.11 Å². The van der Waals surface area contributed by atoms with Crippen LogP contribution in [0.1, 0.15) is 92.6 Å². The van der Waals surface area contributed by atoms with Gasteiger partial charge in [0.2, 0.25) is 0 Å². The Labute approximate surface area is 221 Å². The molecule has 7 heteroatoms. The van der Waals surface area contributed by atoms with Gasteiger partial charge in [0.15, 0.2) is 0 Å². The number of aliphatic carboxylic acids is 1. The fourth-order valence-electron chi connectivity index (χ4n) is 4.23. The number of carboxylic acids is 1. The average molecular weight is 511 g/mol. The Bertz CT molecular complexity index is 974. The maximum atomic E-state index is 12.6. The normalized spacial score (nSPS) is 10.6. The van der Waals surface area contributed by atoms with Crippen LogP contribution >= 0.6 is 0 Å². The second-order valence-corrected chi connectivity index (χ2v) is 9.45. The fraction of sp³-hybridized carbons (Fsp3) is 0.500. The Morgan fingerprint density at radius 3 is 2.00 bits per heavy atom. The van der Waals surface area contributed by atoms with Gasteiger partial charge in [-0.3, -0.25) is 9.59 Å². The number of ether oxygens (including phenoxy) is 1. The van der Waals surface area contributed by atoms with Crippen molar-refractivity contribution in [3.05, 3.63) is 65.2 Å². The van der Waals surface area contributed by atoms with Crippen LogP contribution in [0.4, 0.5) is 0 Å². The van der Waals surface area contributed by atoms with E-state index in [-0.39, 0.29) is 19.0 Å². The summed E-state index contributed by atoms with van der Waals surface area (Å²) in [6, 6.07) is 14.1. The maximum Gasteiger partial charge on any atom is 0.394 e. The predicted octanol–water partition coefficient (Wildman–Crippen LogP) is 5.96. The number of methoxy groups -OCH3 is 1. The highest BCUT2D eigenvalue weighted by Crippen LogP contribution is 2.16. The van der Waals surface area contributed by atoms with Crippen molar-refractivity contribution in [1.29, 1.82) is 0 Å². The van der Waals surface area contributed by atoms with Crippen molar-refractivity contribution in [3.8, 4) is 5.75 Å². The molecule has 7 nitrogen and oxygen atoms in total. The molecular formula is C30H42N2O5. The van der Waals surface area contributed by atoms with E-state index in [4.69, 9.17) is 4.74 Å². The summed E-state index contributed by atoms with van der Waals surface area (Å²) in [4.78, 5) is 37.6. The lowest BCUT2D eigenvalue weighted by molar-refractivity contribution is -0.156. The number of carbonyl (C=O) groups excluding carboxylic acids is 2. The minimum absolute atomic E-state index is 0.0801. The number of nitrogens with zero attached hydrogens (tertiary/aromatic N) is 1. The Balaban J connectivity index is 1.82. The maximum absolute atomic E-state index is 12.6. The zero-order valence-corrected chi connectivity index (χ0v) is 22.3. The summed E-state index contributed by atoms with van der Waals surface area (Å²) in [6.07, 6.45) is 12.4. The number of rotatable bonds is 17. The van der Waals surface area contributed by atoms with Crippen molar-refractivity contribution in [2.45, 2.75) is 84.2 Å². The van der Waals surface area contributed by atoms with E-state index >= 15 is 0 Å². The van der Waals surface area contributed by atoms with Crippen LogP contribution in [0.2, 0.25) is 0 Å². The number of unbranched alkanes of at least 4 members (excludes halogenated alkanes) is 9. The van der Waals surface area contributed by atoms with Gasteiger partial charge >= 0.3 is 11.9 Å². The molecule has 2 amide bonds. The monoisotopic (exact) mass is 510 g/mol. The van der Waals surface area contributed by atoms with Crippen LogP contribution in [-0.4, -0.2) is 41.4 Å². The first kappa shape index (κ1) is 29.9. The number of carbonyl (C=O) groups is 3. The number of hydrogen-bond donors (Lipinski definition) is 2. The molecule has 0 aromatic heterocycles. The number of carboxylic acid groups (broad SMARTS) is 1. The first-order valence-electron chi connectivity index (χ1n) is 13.5. The first-order chi connectivity index (χ1) is 17.9. The molecule has 0 fully saturated rings. The third-order valence-electron chi connectivity index (χ3n) is 6.38. The van der Waals surface area contributed by atoms with Crippen LogP contribution in [0.5, 0.6) is 5.75 Å². The minimum atomic E-state index is -1.51. The number of benzene rings is 2. The molecule has 202 valence electrons. The first-order valence-corrected chi connectivity index (χ1v) is 13.5. The summed E-state index contributed by atoms with van der Waals surface area (Å²) in [5.41, 5.74) is 1.97. The van der Waals surface area contributed by atoms with Crippen molar-refractivity contribution in [1.82, 2.24) is 10.2 Å². The van der Waals surface area contributed by atoms with E-state index in [0.717, 1.165) is 18.4 Å². The van der Waals surface area contributed by atoms with E-state index in [1.165, 1.54) is 56.3 Å². The van der Waals surface area contributed by atoms with Gasteiger partial charge in [0, 0.05) is 25.2 Å². The highest BCUT2D eigenvalue weighted by molar-refractivity contribution is 6.31. The molecule has 0 heterocycles. The molecule has 0 aliphatic heterocycles. The van der Waals surface area contributed by atoms with E-state index in [0.29, 0.717) is 23.4 Å². The zero-order chi connectivity index (χ0) is 26.9. The number of nitrogens with one attached hydrogen (secondary N) is 1. The van der Waals surface area contributed by atoms with E-state index in [2.05, 4.69) is 12.2 Å². The van der Waals surface area contributed by atoms with Gasteiger partial charge in [-0.15, -0.1) is 0 Å². The van der Waals surface area contributed by atoms with Crippen LogP contribution < -0.4 is 10.1 Å². The van der Waals surface area contributed by atoms with Gasteiger partial charge in [-0.2, -0.15) is 0 Å². The molecule has 2 aromatic rings. The van der Waals surface area contributed by atoms with Crippen LogP contribution in [0.3, 0.4) is 0 Å². The average Bonchev–Trinajstić information content (AvgIpc) is 2.91. The van der Waals surface area contributed by atoms with E-state index < -0.39 is 11.9 Å². The van der Waals surface area contributed by atoms with Crippen LogP contribution in [0, 0.1) is 0 Å². The standard InChI is InChI=1S/C30H42N2O5/c1-3-4-5-6-7-8-9-10-11-12-20-31-28(33)26-15-13-14-25(21-26)23-32(29(34)30(35)36)22-24-16-18-27(37-2)19-17-24/h13-19,21H,3-12,20,22-23H2,1-2H3,(H,31,33)(H,35,36). The summed E-state index contributed by atoms with van der Waals surface area (Å²) in [7, 11) is 1.57. The van der Waals surface area contributed by atoms with Crippen LogP contribution in [0.25, 0.3) is 0 Å². The SMILES string of the molecule is CCCCCCCCCCCCNC(=O)c1cccc(CN(Cc2ccc(OC)cc2)C(=O)C(=O)O)c1. The molecule has 0 aliphatic rings. The van der Waals surface area contributed by atoms with Gasteiger partial charge in [0.1, 0.15) is 5.75 Å². The number of amides is 2. The predicted molar refractivity (Wildman–Crippen MR) is 146 cm³/mol. The minimum Gasteiger partial charge on any atom is -0.497 e. The molecule has 37 heavy (non-hydrogen) atoms. The third kappa shape index (κ3) is 11.5. The highest BCUT2D eigenvalue weighted by atomic mass is 16.5. The molecule has 0 spiro atoms. The molecule has 2 N–H and O–H groups in total. The summed E-state index contributed by atoms with van der Waals surface area (Å²) in [5.74, 6) is -1.99. The van der Waals surface area contributed by atoms with E-state index in [1.807, 2.05) is 0 Å². The fourth-order valence-corrected chi connectivity index (χ4v) is 4.23. The van der Waals surface area contributed by atoms with Crippen molar-refractivity contribution in [3.63, 3.8) is 0 Å². The second-order valence-electron chi connectivity index (χ2n) is 9.45. The largest absolute Gasteiger partial charge is 0.497 e. The van der Waals surface area contributed by atoms with Crippen molar-refractivity contribution >= 4 is 17.8 Å². The molecule has 2 aromatic carbocycles. The topological polar surface area (TPSA) is 95.9 Å². The summed E-state index contributed by atoms with van der Waals surface area (Å²) < 4.78 is 5.15. The van der Waals surface area contributed by atoms with Gasteiger partial charge in [-0.25, -0.2) is 4.79 Å². The van der Waals surface area contributed by atoms with Gasteiger partial charge < -0.3 is 20.1 Å². The summed E-state index contributed by atoms with van der Waals surface area (Å²) in [5, 5.41) is 12.3. The quantitative estimate of drug-likeness (QED) is 0.202.